The van der Waals surface area contributed by atoms with E-state index in [1.807, 2.05) is 6.26 Å². The first-order chi connectivity index (χ1) is 13.6. The number of Topliss-reactive ketones (excluding diaryl/α,β-unsaturated/α-hetero) is 1. The van der Waals surface area contributed by atoms with E-state index in [1.165, 1.54) is 53.5 Å². The zero-order valence-corrected chi connectivity index (χ0v) is 16.5. The molecule has 3 N–H and O–H groups in total. The van der Waals surface area contributed by atoms with Crippen molar-refractivity contribution in [2.75, 3.05) is 6.26 Å². The van der Waals surface area contributed by atoms with Gasteiger partial charge in [-0.3, -0.25) is 4.79 Å². The number of amides is 2. The van der Waals surface area contributed by atoms with Gasteiger partial charge in [0.1, 0.15) is 5.92 Å². The molecule has 0 unspecified atom stereocenters. The SMILES string of the molecule is CSc1ccc([C@@H]2NC(=O)N[C@@](O)(C(F)(F)F)[C@H]2C(=O)c2ccc(Cl)cc2)cc1. The lowest BCUT2D eigenvalue weighted by molar-refractivity contribution is -0.287. The molecule has 0 saturated carbocycles. The van der Waals surface area contributed by atoms with Crippen LogP contribution in [0.1, 0.15) is 22.0 Å². The first-order valence-corrected chi connectivity index (χ1v) is 9.98. The first kappa shape index (κ1) is 21.5. The maximum atomic E-state index is 13.8. The first-order valence-electron chi connectivity index (χ1n) is 8.38. The lowest BCUT2D eigenvalue weighted by Gasteiger charge is -2.45. The van der Waals surface area contributed by atoms with Crippen molar-refractivity contribution in [1.29, 1.82) is 0 Å². The van der Waals surface area contributed by atoms with Crippen LogP contribution in [-0.2, 0) is 0 Å². The summed E-state index contributed by atoms with van der Waals surface area (Å²) in [7, 11) is 0. The van der Waals surface area contributed by atoms with Crippen LogP contribution in [0.5, 0.6) is 0 Å². The molecule has 1 saturated heterocycles. The number of halogens is 4. The summed E-state index contributed by atoms with van der Waals surface area (Å²) in [5.41, 5.74) is -3.58. The molecule has 1 fully saturated rings. The molecule has 3 rings (SSSR count). The Morgan fingerprint density at radius 3 is 2.24 bits per heavy atom. The fraction of sp³-hybridized carbons (Fsp3) is 0.263. The molecule has 1 aliphatic rings. The van der Waals surface area contributed by atoms with Gasteiger partial charge in [-0.05, 0) is 48.2 Å². The van der Waals surface area contributed by atoms with Gasteiger partial charge in [-0.25, -0.2) is 4.79 Å². The number of thioether (sulfide) groups is 1. The summed E-state index contributed by atoms with van der Waals surface area (Å²) < 4.78 is 41.5. The Kier molecular flexibility index (Phi) is 5.84. The number of carbonyl (C=O) groups is 2. The molecular weight excluding hydrogens is 429 g/mol. The molecule has 154 valence electrons. The van der Waals surface area contributed by atoms with Gasteiger partial charge in [0.05, 0.1) is 6.04 Å². The van der Waals surface area contributed by atoms with Crippen molar-refractivity contribution in [2.45, 2.75) is 22.8 Å². The number of urea groups is 1. The summed E-state index contributed by atoms with van der Waals surface area (Å²) in [6.07, 6.45) is -3.47. The topological polar surface area (TPSA) is 78.4 Å². The van der Waals surface area contributed by atoms with Crippen LogP contribution in [0.2, 0.25) is 5.02 Å². The predicted octanol–water partition coefficient (Wildman–Crippen LogP) is 4.17. The van der Waals surface area contributed by atoms with Crippen molar-refractivity contribution in [3.8, 4) is 0 Å². The third-order valence-corrected chi connectivity index (χ3v) is 5.69. The molecule has 3 atom stereocenters. The molecule has 2 aromatic carbocycles. The van der Waals surface area contributed by atoms with Gasteiger partial charge in [-0.2, -0.15) is 13.2 Å². The normalized spacial score (nSPS) is 24.6. The Labute approximate surface area is 173 Å². The molecule has 0 spiro atoms. The van der Waals surface area contributed by atoms with E-state index in [1.54, 1.807) is 12.1 Å². The second-order valence-corrected chi connectivity index (χ2v) is 7.78. The van der Waals surface area contributed by atoms with E-state index in [-0.39, 0.29) is 11.1 Å². The van der Waals surface area contributed by atoms with E-state index in [2.05, 4.69) is 5.32 Å². The Hall–Kier alpha value is -2.23. The highest BCUT2D eigenvalue weighted by molar-refractivity contribution is 7.98. The molecule has 10 heteroatoms. The number of ketones is 1. The summed E-state index contributed by atoms with van der Waals surface area (Å²) in [5, 5.41) is 14.6. The molecule has 5 nitrogen and oxygen atoms in total. The molecule has 1 aliphatic heterocycles. The van der Waals surface area contributed by atoms with E-state index in [9.17, 15) is 27.9 Å². The van der Waals surface area contributed by atoms with Gasteiger partial charge in [0.15, 0.2) is 5.78 Å². The van der Waals surface area contributed by atoms with Crippen molar-refractivity contribution in [3.05, 3.63) is 64.7 Å². The number of rotatable bonds is 4. The number of aliphatic hydroxyl groups is 1. The van der Waals surface area contributed by atoms with E-state index in [0.717, 1.165) is 4.90 Å². The highest BCUT2D eigenvalue weighted by Gasteiger charge is 2.66. The number of nitrogens with one attached hydrogen (secondary N) is 2. The second kappa shape index (κ2) is 7.89. The van der Waals surface area contributed by atoms with Crippen molar-refractivity contribution >= 4 is 35.2 Å². The van der Waals surface area contributed by atoms with Crippen LogP contribution < -0.4 is 10.6 Å². The average molecular weight is 445 g/mol. The number of benzene rings is 2. The summed E-state index contributed by atoms with van der Waals surface area (Å²) in [4.78, 5) is 25.9. The molecule has 0 radical (unpaired) electrons. The molecule has 2 amide bonds. The van der Waals surface area contributed by atoms with E-state index >= 15 is 0 Å². The van der Waals surface area contributed by atoms with Crippen molar-refractivity contribution in [3.63, 3.8) is 0 Å². The van der Waals surface area contributed by atoms with E-state index in [0.29, 0.717) is 5.02 Å². The molecule has 1 heterocycles. The third kappa shape index (κ3) is 4.08. The zero-order valence-electron chi connectivity index (χ0n) is 15.0. The summed E-state index contributed by atoms with van der Waals surface area (Å²) in [5.74, 6) is -3.06. The lowest BCUT2D eigenvalue weighted by atomic mass is 9.77. The van der Waals surface area contributed by atoms with Gasteiger partial charge in [-0.1, -0.05) is 23.7 Å². The molecule has 0 aliphatic carbocycles. The van der Waals surface area contributed by atoms with Crippen molar-refractivity contribution in [1.82, 2.24) is 10.6 Å². The Bertz CT molecular complexity index is 922. The van der Waals surface area contributed by atoms with Crippen LogP contribution in [0.4, 0.5) is 18.0 Å². The van der Waals surface area contributed by atoms with Crippen LogP contribution in [0.3, 0.4) is 0 Å². The molecule has 29 heavy (non-hydrogen) atoms. The maximum absolute atomic E-state index is 13.8. The fourth-order valence-electron chi connectivity index (χ4n) is 3.22. The van der Waals surface area contributed by atoms with Crippen LogP contribution in [0.15, 0.2) is 53.4 Å². The fourth-order valence-corrected chi connectivity index (χ4v) is 3.76. The van der Waals surface area contributed by atoms with Gasteiger partial charge < -0.3 is 15.7 Å². The zero-order chi connectivity index (χ0) is 21.4. The summed E-state index contributed by atoms with van der Waals surface area (Å²) >= 11 is 7.22. The minimum atomic E-state index is -5.30. The number of hydrogen-bond donors (Lipinski definition) is 3. The third-order valence-electron chi connectivity index (χ3n) is 4.69. The quantitative estimate of drug-likeness (QED) is 0.488. The van der Waals surface area contributed by atoms with Gasteiger partial charge in [0.2, 0.25) is 5.72 Å². The van der Waals surface area contributed by atoms with Crippen LogP contribution in [-0.4, -0.2) is 35.1 Å². The van der Waals surface area contributed by atoms with Gasteiger partial charge in [0.25, 0.3) is 0 Å². The highest BCUT2D eigenvalue weighted by Crippen LogP contribution is 2.44. The standard InChI is InChI=1S/C19H16ClF3N2O3S/c1-29-13-8-4-10(5-9-13)15-14(16(26)11-2-6-12(20)7-3-11)18(28,19(21,22)23)25-17(27)24-15/h2-9,14-15,28H,1H3,(H2,24,25,27)/t14-,15+,18+/m1/s1. The van der Waals surface area contributed by atoms with E-state index in [4.69, 9.17) is 11.6 Å². The van der Waals surface area contributed by atoms with Crippen LogP contribution in [0, 0.1) is 5.92 Å². The Morgan fingerprint density at radius 2 is 1.72 bits per heavy atom. The second-order valence-electron chi connectivity index (χ2n) is 6.46. The largest absolute Gasteiger partial charge is 0.437 e. The van der Waals surface area contributed by atoms with Gasteiger partial charge in [-0.15, -0.1) is 11.8 Å². The lowest BCUT2D eigenvalue weighted by Crippen LogP contribution is -2.72. The summed E-state index contributed by atoms with van der Waals surface area (Å²) in [6.45, 7) is 0. The Morgan fingerprint density at radius 1 is 1.14 bits per heavy atom. The number of hydrogen-bond acceptors (Lipinski definition) is 4. The maximum Gasteiger partial charge on any atom is 0.437 e. The van der Waals surface area contributed by atoms with Gasteiger partial charge >= 0.3 is 12.2 Å². The smallest absolute Gasteiger partial charge is 0.363 e. The molecule has 2 aromatic rings. The highest BCUT2D eigenvalue weighted by atomic mass is 35.5. The molecular formula is C19H16ClF3N2O3S. The average Bonchev–Trinajstić information content (AvgIpc) is 2.67. The minimum absolute atomic E-state index is 0.0780. The summed E-state index contributed by atoms with van der Waals surface area (Å²) in [6, 6.07) is 8.96. The predicted molar refractivity (Wildman–Crippen MR) is 103 cm³/mol. The van der Waals surface area contributed by atoms with Crippen molar-refractivity contribution in [2.24, 2.45) is 5.92 Å². The monoisotopic (exact) mass is 444 g/mol. The van der Waals surface area contributed by atoms with Gasteiger partial charge in [0, 0.05) is 15.5 Å². The van der Waals surface area contributed by atoms with Crippen molar-refractivity contribution < 1.29 is 27.9 Å². The number of alkyl halides is 3. The number of carbonyl (C=O) groups excluding carboxylic acids is 2. The van der Waals surface area contributed by atoms with Crippen LogP contribution >= 0.6 is 23.4 Å². The molecule has 0 bridgehead atoms. The Balaban J connectivity index is 2.13. The minimum Gasteiger partial charge on any atom is -0.363 e. The van der Waals surface area contributed by atoms with E-state index < -0.39 is 35.7 Å². The van der Waals surface area contributed by atoms with Crippen LogP contribution in [0.25, 0.3) is 0 Å². The molecule has 0 aromatic heterocycles.